The minimum Gasteiger partial charge on any atom is -0.493 e. The number of halogens is 1. The maximum atomic E-state index is 13.5. The zero-order chi connectivity index (χ0) is 11.6. The minimum absolute atomic E-state index is 0.131. The number of methoxy groups -OCH3 is 1. The number of rotatable bonds is 2. The smallest absolute Gasteiger partial charge is 0.165 e. The molecule has 0 bridgehead atoms. The molecule has 0 unspecified atom stereocenters. The highest BCUT2D eigenvalue weighted by molar-refractivity contribution is 5.39. The molecule has 2 rings (SSSR count). The van der Waals surface area contributed by atoms with E-state index in [1.54, 1.807) is 12.1 Å². The van der Waals surface area contributed by atoms with E-state index in [0.29, 0.717) is 31.6 Å². The molecular formula is C12H15FO3. The zero-order valence-corrected chi connectivity index (χ0v) is 9.20. The van der Waals surface area contributed by atoms with E-state index in [1.165, 1.54) is 13.2 Å². The van der Waals surface area contributed by atoms with E-state index < -0.39 is 11.4 Å². The van der Waals surface area contributed by atoms with E-state index in [9.17, 15) is 9.50 Å². The van der Waals surface area contributed by atoms with Crippen molar-refractivity contribution in [2.45, 2.75) is 18.4 Å². The second kappa shape index (κ2) is 4.39. The lowest BCUT2D eigenvalue weighted by atomic mass is 9.86. The number of hydrogen-bond donors (Lipinski definition) is 1. The largest absolute Gasteiger partial charge is 0.493 e. The molecule has 0 amide bonds. The summed E-state index contributed by atoms with van der Waals surface area (Å²) in [7, 11) is 1.41. The first-order valence-electron chi connectivity index (χ1n) is 5.30. The van der Waals surface area contributed by atoms with E-state index in [-0.39, 0.29) is 5.75 Å². The van der Waals surface area contributed by atoms with Crippen LogP contribution < -0.4 is 4.74 Å². The lowest BCUT2D eigenvalue weighted by Crippen LogP contribution is -2.34. The maximum absolute atomic E-state index is 13.5. The molecule has 1 heterocycles. The molecule has 1 aliphatic rings. The van der Waals surface area contributed by atoms with Gasteiger partial charge >= 0.3 is 0 Å². The number of aliphatic hydroxyl groups is 1. The molecule has 0 aromatic heterocycles. The van der Waals surface area contributed by atoms with Gasteiger partial charge in [-0.05, 0) is 6.07 Å². The first kappa shape index (κ1) is 11.4. The third kappa shape index (κ3) is 1.90. The van der Waals surface area contributed by atoms with E-state index in [0.717, 1.165) is 0 Å². The topological polar surface area (TPSA) is 38.7 Å². The molecule has 16 heavy (non-hydrogen) atoms. The monoisotopic (exact) mass is 226 g/mol. The molecule has 0 atom stereocenters. The molecular weight excluding hydrogens is 211 g/mol. The molecule has 1 aromatic carbocycles. The summed E-state index contributed by atoms with van der Waals surface area (Å²) in [4.78, 5) is 0. The Bertz CT molecular complexity index is 373. The van der Waals surface area contributed by atoms with Crippen molar-refractivity contribution in [1.29, 1.82) is 0 Å². The second-order valence-corrected chi connectivity index (χ2v) is 3.96. The Morgan fingerprint density at radius 1 is 1.38 bits per heavy atom. The molecule has 1 aliphatic heterocycles. The van der Waals surface area contributed by atoms with Crippen molar-refractivity contribution in [3.05, 3.63) is 29.6 Å². The molecule has 88 valence electrons. The number of para-hydroxylation sites is 1. The van der Waals surface area contributed by atoms with Gasteiger partial charge in [0.05, 0.1) is 12.7 Å². The van der Waals surface area contributed by atoms with Crippen molar-refractivity contribution >= 4 is 0 Å². The van der Waals surface area contributed by atoms with Crippen LogP contribution in [0.2, 0.25) is 0 Å². The van der Waals surface area contributed by atoms with Gasteiger partial charge in [0, 0.05) is 31.6 Å². The summed E-state index contributed by atoms with van der Waals surface area (Å²) in [5.41, 5.74) is -0.524. The Labute approximate surface area is 93.8 Å². The Hall–Kier alpha value is -1.13. The van der Waals surface area contributed by atoms with Crippen LogP contribution in [-0.4, -0.2) is 25.4 Å². The van der Waals surface area contributed by atoms with E-state index >= 15 is 0 Å². The van der Waals surface area contributed by atoms with Crippen LogP contribution in [0.25, 0.3) is 0 Å². The summed E-state index contributed by atoms with van der Waals surface area (Å²) in [6.07, 6.45) is 0.930. The van der Waals surface area contributed by atoms with Gasteiger partial charge in [-0.15, -0.1) is 0 Å². The fourth-order valence-corrected chi connectivity index (χ4v) is 2.06. The van der Waals surface area contributed by atoms with Gasteiger partial charge in [0.15, 0.2) is 11.6 Å². The van der Waals surface area contributed by atoms with Crippen LogP contribution in [0.4, 0.5) is 4.39 Å². The van der Waals surface area contributed by atoms with E-state index in [4.69, 9.17) is 9.47 Å². The average Bonchev–Trinajstić information content (AvgIpc) is 2.29. The van der Waals surface area contributed by atoms with Crippen molar-refractivity contribution < 1.29 is 19.0 Å². The number of hydrogen-bond acceptors (Lipinski definition) is 3. The molecule has 4 heteroatoms. The van der Waals surface area contributed by atoms with Crippen LogP contribution >= 0.6 is 0 Å². The Balaban J connectivity index is 2.41. The predicted octanol–water partition coefficient (Wildman–Crippen LogP) is 1.83. The summed E-state index contributed by atoms with van der Waals surface area (Å²) in [5, 5.41) is 10.5. The normalized spacial score (nSPS) is 19.4. The van der Waals surface area contributed by atoms with Gasteiger partial charge < -0.3 is 14.6 Å². The average molecular weight is 226 g/mol. The molecule has 1 aromatic rings. The van der Waals surface area contributed by atoms with Crippen LogP contribution in [0.3, 0.4) is 0 Å². The number of benzene rings is 1. The predicted molar refractivity (Wildman–Crippen MR) is 56.9 cm³/mol. The molecule has 0 aliphatic carbocycles. The third-order valence-electron chi connectivity index (χ3n) is 2.99. The molecule has 3 nitrogen and oxygen atoms in total. The summed E-state index contributed by atoms with van der Waals surface area (Å²) in [6, 6.07) is 4.61. The SMILES string of the molecule is COc1c(F)cccc1C1(O)CCOCC1. The quantitative estimate of drug-likeness (QED) is 0.836. The Morgan fingerprint density at radius 2 is 2.06 bits per heavy atom. The summed E-state index contributed by atoms with van der Waals surface area (Å²) >= 11 is 0. The fourth-order valence-electron chi connectivity index (χ4n) is 2.06. The van der Waals surface area contributed by atoms with Gasteiger partial charge in [-0.3, -0.25) is 0 Å². The number of ether oxygens (including phenoxy) is 2. The fraction of sp³-hybridized carbons (Fsp3) is 0.500. The van der Waals surface area contributed by atoms with Crippen LogP contribution in [0, 0.1) is 5.82 Å². The molecule has 1 N–H and O–H groups in total. The van der Waals surface area contributed by atoms with Crippen molar-refractivity contribution in [2.75, 3.05) is 20.3 Å². The molecule has 0 spiro atoms. The Kier molecular flexibility index (Phi) is 3.12. The van der Waals surface area contributed by atoms with Gasteiger partial charge in [0.2, 0.25) is 0 Å². The van der Waals surface area contributed by atoms with E-state index in [1.807, 2.05) is 0 Å². The van der Waals surface area contributed by atoms with Crippen LogP contribution in [0.15, 0.2) is 18.2 Å². The van der Waals surface area contributed by atoms with Crippen LogP contribution in [-0.2, 0) is 10.3 Å². The molecule has 1 fully saturated rings. The van der Waals surface area contributed by atoms with Crippen molar-refractivity contribution in [3.63, 3.8) is 0 Å². The van der Waals surface area contributed by atoms with Crippen LogP contribution in [0.5, 0.6) is 5.75 Å². The summed E-state index contributed by atoms with van der Waals surface area (Å²) in [6.45, 7) is 0.965. The molecule has 0 radical (unpaired) electrons. The van der Waals surface area contributed by atoms with Gasteiger partial charge in [-0.25, -0.2) is 4.39 Å². The van der Waals surface area contributed by atoms with Crippen molar-refractivity contribution in [1.82, 2.24) is 0 Å². The molecule has 0 saturated carbocycles. The highest BCUT2D eigenvalue weighted by Crippen LogP contribution is 2.38. The highest BCUT2D eigenvalue weighted by atomic mass is 19.1. The van der Waals surface area contributed by atoms with E-state index in [2.05, 4.69) is 0 Å². The zero-order valence-electron chi connectivity index (χ0n) is 9.20. The Morgan fingerprint density at radius 3 is 2.69 bits per heavy atom. The van der Waals surface area contributed by atoms with Gasteiger partial charge in [0.25, 0.3) is 0 Å². The summed E-state index contributed by atoms with van der Waals surface area (Å²) < 4.78 is 23.7. The highest BCUT2D eigenvalue weighted by Gasteiger charge is 2.35. The summed E-state index contributed by atoms with van der Waals surface area (Å²) in [5.74, 6) is -0.313. The third-order valence-corrected chi connectivity index (χ3v) is 2.99. The van der Waals surface area contributed by atoms with Crippen molar-refractivity contribution in [3.8, 4) is 5.75 Å². The van der Waals surface area contributed by atoms with Crippen LogP contribution in [0.1, 0.15) is 18.4 Å². The van der Waals surface area contributed by atoms with Crippen molar-refractivity contribution in [2.24, 2.45) is 0 Å². The maximum Gasteiger partial charge on any atom is 0.165 e. The van der Waals surface area contributed by atoms with Gasteiger partial charge in [0.1, 0.15) is 0 Å². The minimum atomic E-state index is -1.04. The second-order valence-electron chi connectivity index (χ2n) is 3.96. The lowest BCUT2D eigenvalue weighted by Gasteiger charge is -2.33. The first-order valence-corrected chi connectivity index (χ1v) is 5.30. The molecule has 1 saturated heterocycles. The first-order chi connectivity index (χ1) is 7.67. The lowest BCUT2D eigenvalue weighted by molar-refractivity contribution is -0.0691. The van der Waals surface area contributed by atoms with Gasteiger partial charge in [-0.1, -0.05) is 12.1 Å². The standard InChI is InChI=1S/C12H15FO3/c1-15-11-9(3-2-4-10(11)13)12(14)5-7-16-8-6-12/h2-4,14H,5-8H2,1H3. The van der Waals surface area contributed by atoms with Gasteiger partial charge in [-0.2, -0.15) is 0 Å².